The number of nitrogens with zero attached hydrogens (tertiary/aromatic N) is 3. The normalized spacial score (nSPS) is 21.8. The summed E-state index contributed by atoms with van der Waals surface area (Å²) in [5.74, 6) is 0.0443. The number of carbonyl (C=O) groups is 2. The first-order valence-corrected chi connectivity index (χ1v) is 8.61. The summed E-state index contributed by atoms with van der Waals surface area (Å²) in [6, 6.07) is 9.82. The van der Waals surface area contributed by atoms with Crippen molar-refractivity contribution in [3.8, 4) is 0 Å². The summed E-state index contributed by atoms with van der Waals surface area (Å²) in [5.41, 5.74) is 1.62. The van der Waals surface area contributed by atoms with Crippen molar-refractivity contribution in [2.45, 2.75) is 6.10 Å². The highest BCUT2D eigenvalue weighted by molar-refractivity contribution is 5.98. The summed E-state index contributed by atoms with van der Waals surface area (Å²) < 4.78 is 5.31. The quantitative estimate of drug-likeness (QED) is 0.915. The Morgan fingerprint density at radius 3 is 2.68 bits per heavy atom. The molecule has 132 valence electrons. The van der Waals surface area contributed by atoms with E-state index in [1.54, 1.807) is 11.9 Å². The maximum absolute atomic E-state index is 12.7. The van der Waals surface area contributed by atoms with Crippen molar-refractivity contribution < 1.29 is 14.3 Å². The summed E-state index contributed by atoms with van der Waals surface area (Å²) in [6.45, 7) is 4.32. The second-order valence-electron chi connectivity index (χ2n) is 6.75. The summed E-state index contributed by atoms with van der Waals surface area (Å²) in [4.78, 5) is 33.1. The highest BCUT2D eigenvalue weighted by Crippen LogP contribution is 2.17. The molecule has 1 aromatic heterocycles. The minimum atomic E-state index is -0.252. The summed E-state index contributed by atoms with van der Waals surface area (Å²) in [7, 11) is 1.75. The fourth-order valence-electron chi connectivity index (χ4n) is 3.53. The van der Waals surface area contributed by atoms with Crippen LogP contribution in [0.2, 0.25) is 0 Å². The molecule has 2 aliphatic rings. The van der Waals surface area contributed by atoms with Gasteiger partial charge < -0.3 is 19.5 Å². The third-order valence-electron chi connectivity index (χ3n) is 4.94. The molecule has 0 aliphatic carbocycles. The molecule has 2 fully saturated rings. The van der Waals surface area contributed by atoms with E-state index in [9.17, 15) is 9.59 Å². The molecule has 7 nitrogen and oxygen atoms in total. The first kappa shape index (κ1) is 16.0. The number of para-hydroxylation sites is 1. The Morgan fingerprint density at radius 1 is 1.24 bits per heavy atom. The molecule has 1 atom stereocenters. The van der Waals surface area contributed by atoms with E-state index >= 15 is 0 Å². The zero-order valence-corrected chi connectivity index (χ0v) is 14.3. The fraction of sp³-hybridized carbons (Fsp3) is 0.444. The monoisotopic (exact) mass is 342 g/mol. The van der Waals surface area contributed by atoms with Gasteiger partial charge in [-0.1, -0.05) is 18.2 Å². The number of likely N-dealkylation sites (N-methyl/N-ethyl adjacent to an activating group) is 1. The molecule has 1 N–H and O–H groups in total. The molecule has 2 aliphatic heterocycles. The number of hydrogen-bond acceptors (Lipinski definition) is 4. The molecule has 0 saturated carbocycles. The van der Waals surface area contributed by atoms with Crippen molar-refractivity contribution in [2.75, 3.05) is 46.3 Å². The molecule has 1 unspecified atom stereocenters. The first-order chi connectivity index (χ1) is 12.1. The third-order valence-corrected chi connectivity index (χ3v) is 4.94. The number of rotatable bonds is 3. The van der Waals surface area contributed by atoms with Gasteiger partial charge in [-0.25, -0.2) is 4.79 Å². The summed E-state index contributed by atoms with van der Waals surface area (Å²) in [6.07, 6.45) is -0.328. The number of aromatic nitrogens is 1. The van der Waals surface area contributed by atoms with Crippen molar-refractivity contribution >= 4 is 22.9 Å². The Bertz CT molecular complexity index is 761. The van der Waals surface area contributed by atoms with Crippen molar-refractivity contribution in [3.05, 3.63) is 36.0 Å². The largest absolute Gasteiger partial charge is 0.443 e. The predicted octanol–water partition coefficient (Wildman–Crippen LogP) is 1.38. The molecule has 2 saturated heterocycles. The minimum Gasteiger partial charge on any atom is -0.443 e. The van der Waals surface area contributed by atoms with Gasteiger partial charge in [0.05, 0.1) is 6.54 Å². The van der Waals surface area contributed by atoms with Gasteiger partial charge in [-0.15, -0.1) is 0 Å². The molecule has 3 heterocycles. The van der Waals surface area contributed by atoms with E-state index in [4.69, 9.17) is 4.74 Å². The summed E-state index contributed by atoms with van der Waals surface area (Å²) in [5, 5.41) is 1.05. The number of cyclic esters (lactones) is 1. The standard InChI is InChI=1S/C18H22N4O3/c1-20-11-14(25-18(20)24)12-21-6-8-22(9-7-21)17(23)16-10-13-4-2-3-5-15(13)19-16/h2-5,10,14,19H,6-9,11-12H2,1H3. The number of aromatic amines is 1. The van der Waals surface area contributed by atoms with Crippen LogP contribution in [0.1, 0.15) is 10.5 Å². The molecule has 0 spiro atoms. The highest BCUT2D eigenvalue weighted by atomic mass is 16.6. The van der Waals surface area contributed by atoms with Crippen LogP contribution in [-0.2, 0) is 4.74 Å². The molecular formula is C18H22N4O3. The van der Waals surface area contributed by atoms with Crippen LogP contribution in [0.5, 0.6) is 0 Å². The van der Waals surface area contributed by atoms with Crippen molar-refractivity contribution in [2.24, 2.45) is 0 Å². The van der Waals surface area contributed by atoms with Crippen LogP contribution in [0.25, 0.3) is 10.9 Å². The van der Waals surface area contributed by atoms with Crippen molar-refractivity contribution in [1.82, 2.24) is 19.7 Å². The molecule has 7 heteroatoms. The van der Waals surface area contributed by atoms with Crippen LogP contribution >= 0.6 is 0 Å². The number of hydrogen-bond donors (Lipinski definition) is 1. The van der Waals surface area contributed by atoms with E-state index < -0.39 is 0 Å². The van der Waals surface area contributed by atoms with Crippen molar-refractivity contribution in [1.29, 1.82) is 0 Å². The fourth-order valence-corrected chi connectivity index (χ4v) is 3.53. The Balaban J connectivity index is 1.33. The number of fused-ring (bicyclic) bond motifs is 1. The molecule has 2 amide bonds. The lowest BCUT2D eigenvalue weighted by Gasteiger charge is -2.35. The highest BCUT2D eigenvalue weighted by Gasteiger charge is 2.31. The van der Waals surface area contributed by atoms with Crippen LogP contribution < -0.4 is 0 Å². The van der Waals surface area contributed by atoms with E-state index in [0.29, 0.717) is 25.3 Å². The number of H-pyrrole nitrogens is 1. The van der Waals surface area contributed by atoms with E-state index in [2.05, 4.69) is 9.88 Å². The second-order valence-corrected chi connectivity index (χ2v) is 6.75. The van der Waals surface area contributed by atoms with E-state index in [1.807, 2.05) is 35.2 Å². The van der Waals surface area contributed by atoms with Crippen LogP contribution in [0.3, 0.4) is 0 Å². The van der Waals surface area contributed by atoms with Gasteiger partial charge in [0.25, 0.3) is 5.91 Å². The average Bonchev–Trinajstić information content (AvgIpc) is 3.18. The average molecular weight is 342 g/mol. The molecule has 25 heavy (non-hydrogen) atoms. The Labute approximate surface area is 146 Å². The number of carbonyl (C=O) groups excluding carboxylic acids is 2. The van der Waals surface area contributed by atoms with E-state index in [1.165, 1.54) is 0 Å². The van der Waals surface area contributed by atoms with Gasteiger partial charge in [-0.2, -0.15) is 0 Å². The van der Waals surface area contributed by atoms with Gasteiger partial charge in [-0.3, -0.25) is 9.69 Å². The van der Waals surface area contributed by atoms with Gasteiger partial charge in [0.15, 0.2) is 0 Å². The molecule has 1 aromatic carbocycles. The van der Waals surface area contributed by atoms with Crippen LogP contribution in [0.15, 0.2) is 30.3 Å². The molecule has 4 rings (SSSR count). The molecule has 2 aromatic rings. The molecule has 0 radical (unpaired) electrons. The second kappa shape index (κ2) is 6.40. The SMILES string of the molecule is CN1CC(CN2CCN(C(=O)c3cc4ccccc4[nH]3)CC2)OC1=O. The topological polar surface area (TPSA) is 68.9 Å². The lowest BCUT2D eigenvalue weighted by molar-refractivity contribution is 0.0548. The Morgan fingerprint density at radius 2 is 2.00 bits per heavy atom. The zero-order chi connectivity index (χ0) is 17.4. The van der Waals surface area contributed by atoms with Gasteiger partial charge in [0.2, 0.25) is 0 Å². The Kier molecular flexibility index (Phi) is 4.09. The Hall–Kier alpha value is -2.54. The zero-order valence-electron chi connectivity index (χ0n) is 14.3. The number of amides is 2. The third kappa shape index (κ3) is 3.19. The van der Waals surface area contributed by atoms with Gasteiger partial charge >= 0.3 is 6.09 Å². The number of nitrogens with one attached hydrogen (secondary N) is 1. The van der Waals surface area contributed by atoms with Gasteiger partial charge in [0, 0.05) is 50.7 Å². The summed E-state index contributed by atoms with van der Waals surface area (Å²) >= 11 is 0. The number of ether oxygens (including phenoxy) is 1. The lowest BCUT2D eigenvalue weighted by Crippen LogP contribution is -2.50. The first-order valence-electron chi connectivity index (χ1n) is 8.61. The van der Waals surface area contributed by atoms with Gasteiger partial charge in [0.1, 0.15) is 11.8 Å². The number of piperazine rings is 1. The van der Waals surface area contributed by atoms with Crippen LogP contribution in [-0.4, -0.2) is 84.1 Å². The smallest absolute Gasteiger partial charge is 0.410 e. The van der Waals surface area contributed by atoms with Crippen LogP contribution in [0.4, 0.5) is 4.79 Å². The van der Waals surface area contributed by atoms with Crippen molar-refractivity contribution in [3.63, 3.8) is 0 Å². The minimum absolute atomic E-state index is 0.0443. The van der Waals surface area contributed by atoms with Crippen LogP contribution in [0, 0.1) is 0 Å². The van der Waals surface area contributed by atoms with Gasteiger partial charge in [-0.05, 0) is 12.1 Å². The lowest BCUT2D eigenvalue weighted by atomic mass is 10.2. The van der Waals surface area contributed by atoms with E-state index in [0.717, 1.165) is 30.5 Å². The maximum Gasteiger partial charge on any atom is 0.410 e. The van der Waals surface area contributed by atoms with E-state index in [-0.39, 0.29) is 18.1 Å². The predicted molar refractivity (Wildman–Crippen MR) is 93.5 cm³/mol. The molecular weight excluding hydrogens is 320 g/mol. The number of benzene rings is 1. The molecule has 0 bridgehead atoms. The maximum atomic E-state index is 12.7.